The molecule has 19 heavy (non-hydrogen) atoms. The molecule has 1 heteroatoms. The highest BCUT2D eigenvalue weighted by Crippen LogP contribution is 2.29. The largest absolute Gasteiger partial charge is 0.269 e. The molecular formula is C18H17N. The fraction of sp³-hybridized carbons (Fsp3) is 0.167. The van der Waals surface area contributed by atoms with Crippen LogP contribution in [0.4, 0.5) is 0 Å². The van der Waals surface area contributed by atoms with Crippen molar-refractivity contribution in [3.05, 3.63) is 71.9 Å². The van der Waals surface area contributed by atoms with Crippen LogP contribution in [0.3, 0.4) is 0 Å². The molecule has 1 unspecified atom stereocenters. The second-order valence-electron chi connectivity index (χ2n) is 5.01. The summed E-state index contributed by atoms with van der Waals surface area (Å²) in [7, 11) is 0. The minimum Gasteiger partial charge on any atom is -0.269 e. The van der Waals surface area contributed by atoms with Crippen molar-refractivity contribution in [2.75, 3.05) is 0 Å². The fourth-order valence-corrected chi connectivity index (χ4v) is 2.54. The summed E-state index contributed by atoms with van der Waals surface area (Å²) in [5.74, 6) is 0.458. The summed E-state index contributed by atoms with van der Waals surface area (Å²) in [5.41, 5.74) is 5.26. The van der Waals surface area contributed by atoms with Gasteiger partial charge in [0.15, 0.2) is 0 Å². The van der Waals surface area contributed by atoms with Gasteiger partial charge >= 0.3 is 0 Å². The van der Waals surface area contributed by atoms with Gasteiger partial charge in [-0.2, -0.15) is 0 Å². The molecule has 2 aromatic rings. The highest BCUT2D eigenvalue weighted by molar-refractivity contribution is 5.67. The Hall–Kier alpha value is -2.15. The summed E-state index contributed by atoms with van der Waals surface area (Å²) in [6, 6.07) is 17.4. The number of nitrogens with zero attached hydrogens (tertiary/aromatic N) is 1. The second-order valence-corrected chi connectivity index (χ2v) is 5.01. The van der Waals surface area contributed by atoms with Crippen LogP contribution in [-0.4, -0.2) is 6.21 Å². The van der Waals surface area contributed by atoms with Crippen molar-refractivity contribution < 1.29 is 0 Å². The zero-order chi connectivity index (χ0) is 13.1. The van der Waals surface area contributed by atoms with Crippen LogP contribution in [0.5, 0.6) is 0 Å². The van der Waals surface area contributed by atoms with Crippen LogP contribution in [0.1, 0.15) is 23.5 Å². The smallest absolute Gasteiger partial charge is 0.0230 e. The molecule has 1 atom stereocenters. The lowest BCUT2D eigenvalue weighted by Crippen LogP contribution is -2.00. The quantitative estimate of drug-likeness (QED) is 0.727. The monoisotopic (exact) mass is 247 g/mol. The predicted octanol–water partition coefficient (Wildman–Crippen LogP) is 4.73. The Morgan fingerprint density at radius 3 is 2.58 bits per heavy atom. The van der Waals surface area contributed by atoms with E-state index in [0.717, 1.165) is 6.42 Å². The van der Waals surface area contributed by atoms with E-state index in [9.17, 15) is 0 Å². The molecule has 2 aromatic carbocycles. The van der Waals surface area contributed by atoms with Gasteiger partial charge in [0.25, 0.3) is 0 Å². The molecule has 1 nitrogen and oxygen atoms in total. The fourth-order valence-electron chi connectivity index (χ4n) is 2.54. The molecule has 0 N–H and O–H groups in total. The van der Waals surface area contributed by atoms with Crippen LogP contribution < -0.4 is 0 Å². The molecule has 0 amide bonds. The van der Waals surface area contributed by atoms with Crippen molar-refractivity contribution in [2.45, 2.75) is 19.3 Å². The van der Waals surface area contributed by atoms with Crippen molar-refractivity contribution in [1.82, 2.24) is 0 Å². The van der Waals surface area contributed by atoms with Crippen LogP contribution in [0.2, 0.25) is 0 Å². The Balaban J connectivity index is 2.01. The standard InChI is InChI=1S/C18H17N/c1-14-11-17(15-5-3-2-4-6-15)13-18(12-14)16-7-9-19-10-8-16/h2-7,9-13,16H,8H2,1H3. The summed E-state index contributed by atoms with van der Waals surface area (Å²) >= 11 is 0. The third kappa shape index (κ3) is 2.65. The summed E-state index contributed by atoms with van der Waals surface area (Å²) < 4.78 is 0. The molecule has 0 aromatic heterocycles. The zero-order valence-corrected chi connectivity index (χ0v) is 11.1. The number of allylic oxidation sites excluding steroid dienone is 1. The third-order valence-corrected chi connectivity index (χ3v) is 3.50. The average Bonchev–Trinajstić information content (AvgIpc) is 2.48. The van der Waals surface area contributed by atoms with Crippen molar-refractivity contribution in [3.63, 3.8) is 0 Å². The minimum atomic E-state index is 0.458. The van der Waals surface area contributed by atoms with Crippen molar-refractivity contribution >= 4 is 6.21 Å². The van der Waals surface area contributed by atoms with Gasteiger partial charge in [0.05, 0.1) is 0 Å². The molecule has 1 aliphatic heterocycles. The van der Waals surface area contributed by atoms with Crippen molar-refractivity contribution in [3.8, 4) is 11.1 Å². The first-order valence-corrected chi connectivity index (χ1v) is 6.68. The zero-order valence-electron chi connectivity index (χ0n) is 11.1. The molecule has 0 spiro atoms. The molecule has 0 saturated heterocycles. The number of rotatable bonds is 2. The van der Waals surface area contributed by atoms with Gasteiger partial charge < -0.3 is 0 Å². The number of hydrogen-bond acceptors (Lipinski definition) is 1. The van der Waals surface area contributed by atoms with Gasteiger partial charge in [-0.1, -0.05) is 60.2 Å². The van der Waals surface area contributed by atoms with E-state index in [-0.39, 0.29) is 0 Å². The summed E-state index contributed by atoms with van der Waals surface area (Å²) in [6.07, 6.45) is 7.08. The average molecular weight is 247 g/mol. The Labute approximate surface area is 114 Å². The lowest BCUT2D eigenvalue weighted by atomic mass is 9.90. The second kappa shape index (κ2) is 5.23. The van der Waals surface area contributed by atoms with E-state index in [4.69, 9.17) is 0 Å². The Morgan fingerprint density at radius 2 is 1.84 bits per heavy atom. The third-order valence-electron chi connectivity index (χ3n) is 3.50. The maximum absolute atomic E-state index is 4.15. The van der Waals surface area contributed by atoms with Gasteiger partial charge in [0, 0.05) is 18.3 Å². The van der Waals surface area contributed by atoms with E-state index in [1.807, 2.05) is 12.4 Å². The van der Waals surface area contributed by atoms with Crippen LogP contribution in [-0.2, 0) is 0 Å². The van der Waals surface area contributed by atoms with Gasteiger partial charge in [-0.05, 0) is 30.0 Å². The summed E-state index contributed by atoms with van der Waals surface area (Å²) in [5, 5.41) is 0. The molecule has 3 rings (SSSR count). The molecule has 1 heterocycles. The topological polar surface area (TPSA) is 12.4 Å². The molecule has 0 aliphatic carbocycles. The molecule has 1 aliphatic rings. The first-order chi connectivity index (χ1) is 9.33. The lowest BCUT2D eigenvalue weighted by molar-refractivity contribution is 0.886. The first-order valence-electron chi connectivity index (χ1n) is 6.68. The van der Waals surface area contributed by atoms with E-state index >= 15 is 0 Å². The molecule has 0 bridgehead atoms. The van der Waals surface area contributed by atoms with E-state index in [1.165, 1.54) is 22.3 Å². The van der Waals surface area contributed by atoms with Gasteiger partial charge in [-0.15, -0.1) is 0 Å². The summed E-state index contributed by atoms with van der Waals surface area (Å²) in [6.45, 7) is 2.16. The normalized spacial score (nSPS) is 17.6. The number of aryl methyl sites for hydroxylation is 1. The molecule has 0 radical (unpaired) electrons. The Morgan fingerprint density at radius 1 is 1.00 bits per heavy atom. The van der Waals surface area contributed by atoms with Crippen molar-refractivity contribution in [2.24, 2.45) is 4.99 Å². The first kappa shape index (κ1) is 11.9. The highest BCUT2D eigenvalue weighted by atomic mass is 14.7. The maximum atomic E-state index is 4.15. The Bertz CT molecular complexity index is 623. The van der Waals surface area contributed by atoms with Crippen LogP contribution in [0, 0.1) is 6.92 Å². The van der Waals surface area contributed by atoms with E-state index in [2.05, 4.69) is 66.5 Å². The lowest BCUT2D eigenvalue weighted by Gasteiger charge is -2.15. The highest BCUT2D eigenvalue weighted by Gasteiger charge is 2.11. The number of benzene rings is 2. The van der Waals surface area contributed by atoms with Crippen LogP contribution >= 0.6 is 0 Å². The van der Waals surface area contributed by atoms with E-state index in [1.54, 1.807) is 0 Å². The Kier molecular flexibility index (Phi) is 3.28. The summed E-state index contributed by atoms with van der Waals surface area (Å²) in [4.78, 5) is 4.15. The predicted molar refractivity (Wildman–Crippen MR) is 81.6 cm³/mol. The van der Waals surface area contributed by atoms with E-state index < -0.39 is 0 Å². The number of aliphatic imine (C=N–C) groups is 1. The minimum absolute atomic E-state index is 0.458. The van der Waals surface area contributed by atoms with Gasteiger partial charge in [0.2, 0.25) is 0 Å². The molecular weight excluding hydrogens is 230 g/mol. The van der Waals surface area contributed by atoms with Crippen molar-refractivity contribution in [1.29, 1.82) is 0 Å². The van der Waals surface area contributed by atoms with Gasteiger partial charge in [-0.25, -0.2) is 0 Å². The van der Waals surface area contributed by atoms with Gasteiger partial charge in [0.1, 0.15) is 0 Å². The van der Waals surface area contributed by atoms with Gasteiger partial charge in [-0.3, -0.25) is 4.99 Å². The van der Waals surface area contributed by atoms with E-state index in [0.29, 0.717) is 5.92 Å². The van der Waals surface area contributed by atoms with Crippen LogP contribution in [0.15, 0.2) is 65.8 Å². The molecule has 0 saturated carbocycles. The molecule has 94 valence electrons. The number of hydrogen-bond donors (Lipinski definition) is 0. The SMILES string of the molecule is Cc1cc(-c2ccccc2)cc(C2C=CN=CC2)c1. The maximum Gasteiger partial charge on any atom is 0.0230 e. The molecule has 0 fully saturated rings. The van der Waals surface area contributed by atoms with Crippen LogP contribution in [0.25, 0.3) is 11.1 Å².